The molecule has 0 aliphatic carbocycles. The fraction of sp³-hybridized carbons (Fsp3) is 0.278. The smallest absolute Gasteiger partial charge is 0.225 e. The van der Waals surface area contributed by atoms with Crippen LogP contribution in [-0.2, 0) is 14.6 Å². The molecule has 2 rings (SSSR count). The zero-order valence-electron chi connectivity index (χ0n) is 14.0. The van der Waals surface area contributed by atoms with Gasteiger partial charge in [-0.25, -0.2) is 12.8 Å². The molecule has 5 nitrogen and oxygen atoms in total. The van der Waals surface area contributed by atoms with Crippen LogP contribution in [0.2, 0.25) is 0 Å². The van der Waals surface area contributed by atoms with Crippen LogP contribution < -0.4 is 10.1 Å². The Morgan fingerprint density at radius 2 is 1.76 bits per heavy atom. The van der Waals surface area contributed by atoms with Crippen LogP contribution in [-0.4, -0.2) is 26.2 Å². The molecule has 0 atom stereocenters. The summed E-state index contributed by atoms with van der Waals surface area (Å²) in [5.41, 5.74) is 0.0279. The summed E-state index contributed by atoms with van der Waals surface area (Å²) in [4.78, 5) is 12.0. The Kier molecular flexibility index (Phi) is 6.14. The molecule has 2 aromatic carbocycles. The molecule has 0 unspecified atom stereocenters. The van der Waals surface area contributed by atoms with Crippen LogP contribution in [0.4, 0.5) is 10.1 Å². The first-order valence-electron chi connectivity index (χ1n) is 7.82. The summed E-state index contributed by atoms with van der Waals surface area (Å²) in [5, 5.41) is 2.37. The third-order valence-electron chi connectivity index (χ3n) is 3.30. The number of anilines is 1. The number of benzene rings is 2. The van der Waals surface area contributed by atoms with Gasteiger partial charge in [-0.1, -0.05) is 12.1 Å². The lowest BCUT2D eigenvalue weighted by atomic mass is 10.3. The Hall–Kier alpha value is -2.41. The van der Waals surface area contributed by atoms with E-state index in [1.54, 1.807) is 18.2 Å². The van der Waals surface area contributed by atoms with Crippen LogP contribution in [0.25, 0.3) is 0 Å². The van der Waals surface area contributed by atoms with Gasteiger partial charge >= 0.3 is 0 Å². The van der Waals surface area contributed by atoms with Crippen molar-refractivity contribution >= 4 is 21.4 Å². The van der Waals surface area contributed by atoms with Gasteiger partial charge < -0.3 is 10.1 Å². The Balaban J connectivity index is 1.96. The highest BCUT2D eigenvalue weighted by Crippen LogP contribution is 2.19. The van der Waals surface area contributed by atoms with Crippen LogP contribution in [0, 0.1) is 5.82 Å². The van der Waals surface area contributed by atoms with E-state index in [9.17, 15) is 17.6 Å². The van der Waals surface area contributed by atoms with Gasteiger partial charge in [0.25, 0.3) is 0 Å². The Morgan fingerprint density at radius 1 is 1.12 bits per heavy atom. The highest BCUT2D eigenvalue weighted by atomic mass is 32.2. The summed E-state index contributed by atoms with van der Waals surface area (Å²) >= 11 is 0. The maximum atomic E-state index is 13.5. The second kappa shape index (κ2) is 8.11. The van der Waals surface area contributed by atoms with Crippen LogP contribution in [0.1, 0.15) is 20.3 Å². The van der Waals surface area contributed by atoms with E-state index in [2.05, 4.69) is 5.32 Å². The molecule has 0 aliphatic heterocycles. The summed E-state index contributed by atoms with van der Waals surface area (Å²) in [5.74, 6) is -0.920. The molecule has 0 aromatic heterocycles. The zero-order valence-corrected chi connectivity index (χ0v) is 14.8. The number of carbonyl (C=O) groups is 1. The van der Waals surface area contributed by atoms with Crippen LogP contribution in [0.5, 0.6) is 5.75 Å². The molecule has 7 heteroatoms. The number of nitrogens with one attached hydrogen (secondary N) is 1. The minimum Gasteiger partial charge on any atom is -0.491 e. The number of carbonyl (C=O) groups excluding carboxylic acids is 1. The van der Waals surface area contributed by atoms with Crippen molar-refractivity contribution in [1.29, 1.82) is 0 Å². The first-order valence-corrected chi connectivity index (χ1v) is 9.47. The number of hydrogen-bond donors (Lipinski definition) is 1. The monoisotopic (exact) mass is 365 g/mol. The lowest BCUT2D eigenvalue weighted by Gasteiger charge is -2.10. The number of amides is 1. The molecular weight excluding hydrogens is 345 g/mol. The second-order valence-electron chi connectivity index (χ2n) is 5.73. The maximum Gasteiger partial charge on any atom is 0.225 e. The molecule has 0 saturated heterocycles. The predicted molar refractivity (Wildman–Crippen MR) is 93.9 cm³/mol. The second-order valence-corrected chi connectivity index (χ2v) is 7.84. The fourth-order valence-electron chi connectivity index (χ4n) is 2.12. The van der Waals surface area contributed by atoms with Gasteiger partial charge in [0.1, 0.15) is 11.6 Å². The molecule has 0 heterocycles. The Labute approximate surface area is 146 Å². The highest BCUT2D eigenvalue weighted by molar-refractivity contribution is 7.91. The van der Waals surface area contributed by atoms with Crippen LogP contribution in [0.3, 0.4) is 0 Å². The number of para-hydroxylation sites is 1. The van der Waals surface area contributed by atoms with Gasteiger partial charge in [-0.15, -0.1) is 0 Å². The van der Waals surface area contributed by atoms with Gasteiger partial charge in [-0.2, -0.15) is 0 Å². The van der Waals surface area contributed by atoms with Gasteiger partial charge in [0.2, 0.25) is 5.91 Å². The molecule has 0 spiro atoms. The summed E-state index contributed by atoms with van der Waals surface area (Å²) in [7, 11) is -3.61. The van der Waals surface area contributed by atoms with Crippen LogP contribution in [0.15, 0.2) is 53.4 Å². The predicted octanol–water partition coefficient (Wildman–Crippen LogP) is 3.42. The maximum absolute atomic E-state index is 13.5. The minimum atomic E-state index is -3.61. The molecule has 25 heavy (non-hydrogen) atoms. The van der Waals surface area contributed by atoms with Crippen molar-refractivity contribution in [1.82, 2.24) is 0 Å². The molecule has 0 radical (unpaired) electrons. The van der Waals surface area contributed by atoms with E-state index in [1.807, 2.05) is 13.8 Å². The van der Waals surface area contributed by atoms with E-state index in [4.69, 9.17) is 4.74 Å². The molecule has 0 saturated carbocycles. The van der Waals surface area contributed by atoms with E-state index >= 15 is 0 Å². The molecule has 0 bridgehead atoms. The summed E-state index contributed by atoms with van der Waals surface area (Å²) < 4.78 is 43.5. The standard InChI is InChI=1S/C18H20FNO4S/c1-13(2)24-14-7-9-15(10-8-14)25(22,23)12-11-18(21)20-17-6-4-3-5-16(17)19/h3-10,13H,11-12H2,1-2H3,(H,20,21). The molecular formula is C18H20FNO4S. The van der Waals surface area contributed by atoms with Crippen LogP contribution >= 0.6 is 0 Å². The normalized spacial score (nSPS) is 11.4. The lowest BCUT2D eigenvalue weighted by Crippen LogP contribution is -2.18. The largest absolute Gasteiger partial charge is 0.491 e. The third kappa shape index (κ3) is 5.56. The third-order valence-corrected chi connectivity index (χ3v) is 5.03. The number of hydrogen-bond acceptors (Lipinski definition) is 4. The first-order chi connectivity index (χ1) is 11.8. The molecule has 2 aromatic rings. The first kappa shape index (κ1) is 18.9. The molecule has 0 aliphatic rings. The number of sulfone groups is 1. The van der Waals surface area contributed by atoms with Crippen molar-refractivity contribution in [2.75, 3.05) is 11.1 Å². The number of ether oxygens (including phenoxy) is 1. The summed E-state index contributed by atoms with van der Waals surface area (Å²) in [6.45, 7) is 3.75. The van der Waals surface area contributed by atoms with E-state index in [-0.39, 0.29) is 28.9 Å². The highest BCUT2D eigenvalue weighted by Gasteiger charge is 2.17. The van der Waals surface area contributed by atoms with Gasteiger partial charge in [0.15, 0.2) is 9.84 Å². The molecule has 1 N–H and O–H groups in total. The van der Waals surface area contributed by atoms with Crippen molar-refractivity contribution in [3.63, 3.8) is 0 Å². The van der Waals surface area contributed by atoms with E-state index in [0.717, 1.165) is 0 Å². The fourth-order valence-corrected chi connectivity index (χ4v) is 3.36. The minimum absolute atomic E-state index is 0.00969. The quantitative estimate of drug-likeness (QED) is 0.816. The SMILES string of the molecule is CC(C)Oc1ccc(S(=O)(=O)CCC(=O)Nc2ccccc2F)cc1. The zero-order chi connectivity index (χ0) is 18.4. The lowest BCUT2D eigenvalue weighted by molar-refractivity contribution is -0.115. The Bertz CT molecular complexity index is 832. The van der Waals surface area contributed by atoms with E-state index in [1.165, 1.54) is 30.3 Å². The average Bonchev–Trinajstić information content (AvgIpc) is 2.55. The van der Waals surface area contributed by atoms with Gasteiger partial charge in [-0.05, 0) is 50.2 Å². The van der Waals surface area contributed by atoms with Crippen molar-refractivity contribution < 1.29 is 22.3 Å². The summed E-state index contributed by atoms with van der Waals surface area (Å²) in [6, 6.07) is 11.8. The molecule has 1 amide bonds. The van der Waals surface area contributed by atoms with E-state index in [0.29, 0.717) is 5.75 Å². The van der Waals surface area contributed by atoms with Crippen molar-refractivity contribution in [2.45, 2.75) is 31.3 Å². The topological polar surface area (TPSA) is 72.5 Å². The Morgan fingerprint density at radius 3 is 2.36 bits per heavy atom. The van der Waals surface area contributed by atoms with Crippen molar-refractivity contribution in [3.8, 4) is 5.75 Å². The van der Waals surface area contributed by atoms with Gasteiger partial charge in [0.05, 0.1) is 22.4 Å². The number of rotatable bonds is 7. The van der Waals surface area contributed by atoms with Gasteiger partial charge in [0, 0.05) is 6.42 Å². The van der Waals surface area contributed by atoms with Crippen molar-refractivity contribution in [2.24, 2.45) is 0 Å². The molecule has 134 valence electrons. The number of halogens is 1. The average molecular weight is 365 g/mol. The van der Waals surface area contributed by atoms with E-state index < -0.39 is 21.6 Å². The molecule has 0 fully saturated rings. The summed E-state index contributed by atoms with van der Waals surface area (Å²) in [6.07, 6.45) is -0.273. The van der Waals surface area contributed by atoms with Gasteiger partial charge in [-0.3, -0.25) is 4.79 Å². The van der Waals surface area contributed by atoms with Crippen molar-refractivity contribution in [3.05, 3.63) is 54.3 Å².